The molecule has 0 aromatic carbocycles. The molecule has 1 heterocycles. The van der Waals surface area contributed by atoms with Crippen molar-refractivity contribution in [2.75, 3.05) is 20.6 Å². The molecule has 0 saturated carbocycles. The summed E-state index contributed by atoms with van der Waals surface area (Å²) in [7, 11) is 4.78. The smallest absolute Gasteiger partial charge is 0.0923 e. The highest BCUT2D eigenvalue weighted by molar-refractivity contribution is 4.96. The summed E-state index contributed by atoms with van der Waals surface area (Å²) in [6.45, 7) is 12.2. The van der Waals surface area contributed by atoms with E-state index in [2.05, 4.69) is 48.7 Å². The van der Waals surface area contributed by atoms with Gasteiger partial charge in [-0.25, -0.2) is 0 Å². The summed E-state index contributed by atoms with van der Waals surface area (Å²) >= 11 is 0. The Morgan fingerprint density at radius 1 is 0.870 bits per heavy atom. The molecule has 0 amide bonds. The molecule has 138 valence electrons. The standard InChI is InChI=1S/C20H43N2O/c1-8-9-10-11-12-13-14-15-22(6,7)18-16-19(2,3)21(23)20(4,5)17-18/h18,23H,8-17H2,1-7H3/q+1. The molecule has 3 heteroatoms. The van der Waals surface area contributed by atoms with Crippen molar-refractivity contribution in [3.8, 4) is 0 Å². The van der Waals surface area contributed by atoms with Crippen LogP contribution < -0.4 is 0 Å². The molecule has 23 heavy (non-hydrogen) atoms. The molecule has 3 nitrogen and oxygen atoms in total. The Kier molecular flexibility index (Phi) is 7.56. The van der Waals surface area contributed by atoms with E-state index in [0.717, 1.165) is 17.3 Å². The minimum absolute atomic E-state index is 0.137. The fraction of sp³-hybridized carbons (Fsp3) is 1.00. The predicted octanol–water partition coefficient (Wildman–Crippen LogP) is 5.22. The highest BCUT2D eigenvalue weighted by Gasteiger charge is 2.49. The second-order valence-corrected chi connectivity index (χ2v) is 9.62. The Bertz CT molecular complexity index is 332. The maximum absolute atomic E-state index is 10.5. The van der Waals surface area contributed by atoms with Crippen LogP contribution >= 0.6 is 0 Å². The van der Waals surface area contributed by atoms with E-state index in [0.29, 0.717) is 6.04 Å². The molecular weight excluding hydrogens is 284 g/mol. The quantitative estimate of drug-likeness (QED) is 0.463. The van der Waals surface area contributed by atoms with Gasteiger partial charge in [0.25, 0.3) is 0 Å². The fourth-order valence-corrected chi connectivity index (χ4v) is 4.37. The average Bonchev–Trinajstić information content (AvgIpc) is 2.43. The zero-order valence-corrected chi connectivity index (χ0v) is 17.0. The van der Waals surface area contributed by atoms with Gasteiger partial charge in [0, 0.05) is 23.9 Å². The number of hydroxylamine groups is 2. The lowest BCUT2D eigenvalue weighted by Gasteiger charge is -2.54. The Morgan fingerprint density at radius 2 is 1.30 bits per heavy atom. The van der Waals surface area contributed by atoms with Gasteiger partial charge in [0.1, 0.15) is 0 Å². The molecule has 0 unspecified atom stereocenters. The van der Waals surface area contributed by atoms with Crippen LogP contribution in [0.15, 0.2) is 0 Å². The number of rotatable bonds is 9. The van der Waals surface area contributed by atoms with Gasteiger partial charge in [-0.05, 0) is 40.5 Å². The first-order chi connectivity index (χ1) is 10.5. The predicted molar refractivity (Wildman–Crippen MR) is 99.8 cm³/mol. The van der Waals surface area contributed by atoms with Gasteiger partial charge in [0.15, 0.2) is 0 Å². The zero-order chi connectivity index (χ0) is 17.7. The number of nitrogens with zero attached hydrogens (tertiary/aromatic N) is 2. The van der Waals surface area contributed by atoms with Crippen molar-refractivity contribution in [1.29, 1.82) is 0 Å². The first-order valence-electron chi connectivity index (χ1n) is 9.85. The Morgan fingerprint density at radius 3 is 1.78 bits per heavy atom. The van der Waals surface area contributed by atoms with E-state index in [4.69, 9.17) is 0 Å². The third kappa shape index (κ3) is 6.03. The highest BCUT2D eigenvalue weighted by atomic mass is 16.5. The molecule has 0 spiro atoms. The van der Waals surface area contributed by atoms with Gasteiger partial charge in [-0.1, -0.05) is 39.0 Å². The van der Waals surface area contributed by atoms with Gasteiger partial charge >= 0.3 is 0 Å². The maximum Gasteiger partial charge on any atom is 0.0923 e. The molecule has 1 aliphatic rings. The lowest BCUT2D eigenvalue weighted by molar-refractivity contribution is -0.918. The Hall–Kier alpha value is -0.120. The third-order valence-corrected chi connectivity index (χ3v) is 5.94. The van der Waals surface area contributed by atoms with Crippen LogP contribution in [-0.4, -0.2) is 52.5 Å². The summed E-state index contributed by atoms with van der Waals surface area (Å²) < 4.78 is 1.09. The molecule has 1 aliphatic heterocycles. The molecule has 0 bridgehead atoms. The number of unbranched alkanes of at least 4 members (excludes halogenated alkanes) is 6. The third-order valence-electron chi connectivity index (χ3n) is 5.94. The van der Waals surface area contributed by atoms with Crippen LogP contribution in [0.1, 0.15) is 92.4 Å². The Labute approximate surface area is 145 Å². The number of hydrogen-bond donors (Lipinski definition) is 1. The van der Waals surface area contributed by atoms with Gasteiger partial charge in [-0.2, -0.15) is 5.06 Å². The number of quaternary nitrogens is 1. The molecule has 1 N–H and O–H groups in total. The lowest BCUT2D eigenvalue weighted by atomic mass is 9.77. The second kappa shape index (κ2) is 8.31. The fourth-order valence-electron chi connectivity index (χ4n) is 4.37. The van der Waals surface area contributed by atoms with E-state index in [-0.39, 0.29) is 11.1 Å². The van der Waals surface area contributed by atoms with Gasteiger partial charge < -0.3 is 9.69 Å². The van der Waals surface area contributed by atoms with Crippen LogP contribution in [0.3, 0.4) is 0 Å². The van der Waals surface area contributed by atoms with Gasteiger partial charge in [-0.3, -0.25) is 0 Å². The van der Waals surface area contributed by atoms with E-state index in [9.17, 15) is 5.21 Å². The van der Waals surface area contributed by atoms with Crippen molar-refractivity contribution in [2.24, 2.45) is 0 Å². The SMILES string of the molecule is CCCCCCCCC[N+](C)(C)C1CC(C)(C)N(O)C(C)(C)C1. The highest BCUT2D eigenvalue weighted by Crippen LogP contribution is 2.40. The molecular formula is C20H43N2O+. The van der Waals surface area contributed by atoms with Gasteiger partial charge in [-0.15, -0.1) is 0 Å². The monoisotopic (exact) mass is 327 g/mol. The molecule has 0 radical (unpaired) electrons. The van der Waals surface area contributed by atoms with Crippen molar-refractivity contribution in [3.63, 3.8) is 0 Å². The van der Waals surface area contributed by atoms with Crippen molar-refractivity contribution in [1.82, 2.24) is 5.06 Å². The first kappa shape index (κ1) is 20.9. The van der Waals surface area contributed by atoms with E-state index >= 15 is 0 Å². The van der Waals surface area contributed by atoms with E-state index in [1.54, 1.807) is 5.06 Å². The lowest BCUT2D eigenvalue weighted by Crippen LogP contribution is -2.66. The summed E-state index contributed by atoms with van der Waals surface area (Å²) in [4.78, 5) is 0. The maximum atomic E-state index is 10.5. The van der Waals surface area contributed by atoms with Crippen LogP contribution in [0.2, 0.25) is 0 Å². The average molecular weight is 328 g/mol. The molecule has 0 aromatic heterocycles. The van der Waals surface area contributed by atoms with Gasteiger partial charge in [0.05, 0.1) is 26.7 Å². The van der Waals surface area contributed by atoms with Crippen LogP contribution in [0, 0.1) is 0 Å². The normalized spacial score (nSPS) is 22.4. The first-order valence-corrected chi connectivity index (χ1v) is 9.85. The molecule has 0 aromatic rings. The molecule has 1 rings (SSSR count). The molecule has 1 fully saturated rings. The number of hydrogen-bond acceptors (Lipinski definition) is 2. The summed E-state index contributed by atoms with van der Waals surface area (Å²) in [6.07, 6.45) is 11.8. The topological polar surface area (TPSA) is 23.5 Å². The van der Waals surface area contributed by atoms with Crippen molar-refractivity contribution >= 4 is 0 Å². The van der Waals surface area contributed by atoms with Gasteiger partial charge in [0.2, 0.25) is 0 Å². The summed E-state index contributed by atoms with van der Waals surface area (Å²) in [5, 5.41) is 12.1. The van der Waals surface area contributed by atoms with Crippen LogP contribution in [0.5, 0.6) is 0 Å². The Balaban J connectivity index is 2.46. The van der Waals surface area contributed by atoms with E-state index < -0.39 is 0 Å². The molecule has 1 saturated heterocycles. The van der Waals surface area contributed by atoms with Crippen molar-refractivity contribution < 1.29 is 9.69 Å². The molecule has 0 atom stereocenters. The largest absolute Gasteiger partial charge is 0.326 e. The summed E-state index contributed by atoms with van der Waals surface area (Å²) in [5.41, 5.74) is -0.274. The van der Waals surface area contributed by atoms with Crippen LogP contribution in [0.4, 0.5) is 0 Å². The zero-order valence-electron chi connectivity index (χ0n) is 17.0. The van der Waals surface area contributed by atoms with Crippen LogP contribution in [0.25, 0.3) is 0 Å². The summed E-state index contributed by atoms with van der Waals surface area (Å²) in [5.74, 6) is 0. The number of piperidine rings is 1. The second-order valence-electron chi connectivity index (χ2n) is 9.62. The molecule has 0 aliphatic carbocycles. The summed E-state index contributed by atoms with van der Waals surface area (Å²) in [6, 6.07) is 0.628. The van der Waals surface area contributed by atoms with Crippen molar-refractivity contribution in [2.45, 2.75) is 110 Å². The minimum atomic E-state index is -0.137. The van der Waals surface area contributed by atoms with E-state index in [1.807, 2.05) is 0 Å². The van der Waals surface area contributed by atoms with E-state index in [1.165, 1.54) is 51.5 Å². The van der Waals surface area contributed by atoms with Crippen molar-refractivity contribution in [3.05, 3.63) is 0 Å². The minimum Gasteiger partial charge on any atom is -0.326 e. The van der Waals surface area contributed by atoms with Crippen LogP contribution in [-0.2, 0) is 0 Å².